The molecule has 0 fully saturated rings. The number of nitrogens with two attached hydrogens (primary N) is 1. The third-order valence-corrected chi connectivity index (χ3v) is 11.8. The fourth-order valence-electron chi connectivity index (χ4n) is 3.99. The normalized spacial score (nSPS) is 11.7. The Morgan fingerprint density at radius 1 is 1.08 bits per heavy atom. The number of nitrogens with zero attached hydrogens (tertiary/aromatic N) is 3. The molecule has 4 rings (SSSR count). The highest BCUT2D eigenvalue weighted by Crippen LogP contribution is 2.40. The van der Waals surface area contributed by atoms with E-state index in [2.05, 4.69) is 55.3 Å². The first-order valence-electron chi connectivity index (χ1n) is 12.6. The van der Waals surface area contributed by atoms with Gasteiger partial charge < -0.3 is 15.0 Å². The number of nitrogen functional groups attached to an aromatic ring is 1. The van der Waals surface area contributed by atoms with Crippen molar-refractivity contribution in [3.63, 3.8) is 0 Å². The summed E-state index contributed by atoms with van der Waals surface area (Å²) in [5, 5.41) is 0.177. The van der Waals surface area contributed by atoms with E-state index in [1.807, 2.05) is 62.1 Å². The first-order valence-corrected chi connectivity index (χ1v) is 15.6. The van der Waals surface area contributed by atoms with Gasteiger partial charge in [0, 0.05) is 42.3 Å². The van der Waals surface area contributed by atoms with Crippen LogP contribution < -0.4 is 10.5 Å². The minimum absolute atomic E-state index is 0.102. The lowest BCUT2D eigenvalue weighted by Crippen LogP contribution is -2.35. The predicted octanol–water partition coefficient (Wildman–Crippen LogP) is 7.68. The van der Waals surface area contributed by atoms with Crippen molar-refractivity contribution in [1.82, 2.24) is 14.5 Å². The van der Waals surface area contributed by atoms with Crippen LogP contribution in [0.1, 0.15) is 37.7 Å². The van der Waals surface area contributed by atoms with Gasteiger partial charge in [-0.3, -0.25) is 0 Å². The van der Waals surface area contributed by atoms with Crippen molar-refractivity contribution in [2.24, 2.45) is 7.05 Å². The highest BCUT2D eigenvalue weighted by Gasteiger charge is 2.33. The van der Waals surface area contributed by atoms with Crippen LogP contribution in [0.25, 0.3) is 22.4 Å². The van der Waals surface area contributed by atoms with E-state index in [-0.39, 0.29) is 10.8 Å². The number of aryl methyl sites for hydroxylation is 3. The Morgan fingerprint density at radius 3 is 2.45 bits per heavy atom. The number of benzene rings is 1. The van der Waals surface area contributed by atoms with Crippen LogP contribution in [0.5, 0.6) is 11.6 Å². The Labute approximate surface area is 225 Å². The molecule has 3 heterocycles. The largest absolute Gasteiger partial charge is 0.436 e. The summed E-state index contributed by atoms with van der Waals surface area (Å²) in [5.74, 6) is 3.27. The van der Waals surface area contributed by atoms with Crippen molar-refractivity contribution in [2.75, 3.05) is 5.73 Å². The van der Waals surface area contributed by atoms with Gasteiger partial charge in [0.25, 0.3) is 0 Å². The van der Waals surface area contributed by atoms with E-state index in [0.29, 0.717) is 17.1 Å². The van der Waals surface area contributed by atoms with Gasteiger partial charge in [0.2, 0.25) is 5.88 Å². The summed E-state index contributed by atoms with van der Waals surface area (Å²) in [6.45, 7) is 15.2. The van der Waals surface area contributed by atoms with Gasteiger partial charge >= 0.3 is 0 Å². The molecule has 196 valence electrons. The number of halogens is 1. The molecule has 0 aliphatic heterocycles. The van der Waals surface area contributed by atoms with Crippen LogP contribution in [0.2, 0.25) is 18.1 Å². The number of ether oxygens (including phenoxy) is 1. The molecule has 0 saturated carbocycles. The molecule has 7 heteroatoms. The van der Waals surface area contributed by atoms with E-state index < -0.39 is 13.9 Å². The van der Waals surface area contributed by atoms with Crippen molar-refractivity contribution in [2.45, 2.75) is 52.8 Å². The van der Waals surface area contributed by atoms with Gasteiger partial charge in [-0.15, -0.1) is 5.54 Å². The molecule has 0 bridgehead atoms. The number of hydrogen-bond donors (Lipinski definition) is 1. The van der Waals surface area contributed by atoms with E-state index in [1.165, 1.54) is 6.07 Å². The van der Waals surface area contributed by atoms with Crippen LogP contribution in [0.4, 0.5) is 10.1 Å². The molecule has 0 aliphatic rings. The van der Waals surface area contributed by atoms with Crippen LogP contribution in [0, 0.1) is 31.1 Å². The standard InChI is InChI=1S/C31H35FN4OSi/c1-20-16-23(14-15-38(7,8)31(3,4)5)34-18-24(20)30-29(26(33)19-36(30)6)22-12-13-27(25(32)17-22)37-28-11-9-10-21(2)35-28/h9-13,16-19H,33H2,1-8H3. The zero-order valence-electron chi connectivity index (χ0n) is 23.4. The highest BCUT2D eigenvalue weighted by atomic mass is 28.3. The molecular formula is C31H35FN4OSi. The Kier molecular flexibility index (Phi) is 7.22. The Bertz CT molecular complexity index is 1570. The summed E-state index contributed by atoms with van der Waals surface area (Å²) in [7, 11) is 0.177. The molecule has 4 aromatic rings. The van der Waals surface area contributed by atoms with Gasteiger partial charge in [-0.05, 0) is 54.3 Å². The summed E-state index contributed by atoms with van der Waals surface area (Å²) in [5.41, 5.74) is 16.3. The second-order valence-electron chi connectivity index (χ2n) is 11.3. The fraction of sp³-hybridized carbons (Fsp3) is 0.290. The van der Waals surface area contributed by atoms with Crippen LogP contribution in [-0.4, -0.2) is 22.6 Å². The summed E-state index contributed by atoms with van der Waals surface area (Å²) < 4.78 is 22.8. The molecule has 0 aliphatic carbocycles. The van der Waals surface area contributed by atoms with Gasteiger partial charge in [0.1, 0.15) is 13.8 Å². The van der Waals surface area contributed by atoms with Gasteiger partial charge in [0.05, 0.1) is 11.4 Å². The lowest BCUT2D eigenvalue weighted by molar-refractivity contribution is 0.427. The van der Waals surface area contributed by atoms with Crippen molar-refractivity contribution < 1.29 is 9.13 Å². The minimum atomic E-state index is -1.75. The van der Waals surface area contributed by atoms with Crippen molar-refractivity contribution >= 4 is 13.8 Å². The first kappa shape index (κ1) is 27.1. The van der Waals surface area contributed by atoms with Gasteiger partial charge in [0.15, 0.2) is 11.6 Å². The second-order valence-corrected chi connectivity index (χ2v) is 16.3. The molecule has 0 spiro atoms. The van der Waals surface area contributed by atoms with E-state index >= 15 is 4.39 Å². The van der Waals surface area contributed by atoms with Crippen molar-refractivity contribution in [3.8, 4) is 45.5 Å². The van der Waals surface area contributed by atoms with Crippen LogP contribution in [0.15, 0.2) is 54.9 Å². The smallest absolute Gasteiger partial charge is 0.219 e. The molecule has 0 amide bonds. The number of hydrogen-bond acceptors (Lipinski definition) is 4. The second kappa shape index (κ2) is 10.1. The van der Waals surface area contributed by atoms with E-state index in [0.717, 1.165) is 33.8 Å². The van der Waals surface area contributed by atoms with Gasteiger partial charge in [-0.2, -0.15) is 0 Å². The molecule has 3 aromatic heterocycles. The maximum absolute atomic E-state index is 15.2. The van der Waals surface area contributed by atoms with E-state index in [9.17, 15) is 0 Å². The van der Waals surface area contributed by atoms with Gasteiger partial charge in [-0.25, -0.2) is 14.4 Å². The lowest BCUT2D eigenvalue weighted by atomic mass is 9.98. The summed E-state index contributed by atoms with van der Waals surface area (Å²) in [4.78, 5) is 8.96. The molecule has 0 radical (unpaired) electrons. The number of pyridine rings is 2. The molecule has 1 aromatic carbocycles. The first-order chi connectivity index (χ1) is 17.8. The maximum Gasteiger partial charge on any atom is 0.219 e. The zero-order chi connectivity index (χ0) is 27.8. The predicted molar refractivity (Wildman–Crippen MR) is 156 cm³/mol. The number of rotatable bonds is 4. The topological polar surface area (TPSA) is 66.0 Å². The third kappa shape index (κ3) is 5.51. The SMILES string of the molecule is Cc1cccc(Oc2ccc(-c3c(N)cn(C)c3-c3cnc(C#C[Si](C)(C)C(C)(C)C)cc3C)cc2F)n1. The Balaban J connectivity index is 1.71. The van der Waals surface area contributed by atoms with Crippen molar-refractivity contribution in [3.05, 3.63) is 77.6 Å². The van der Waals surface area contributed by atoms with Crippen LogP contribution >= 0.6 is 0 Å². The average molecular weight is 527 g/mol. The molecule has 0 atom stereocenters. The Hall–Kier alpha value is -3.89. The molecule has 0 saturated heterocycles. The third-order valence-electron chi connectivity index (χ3n) is 7.25. The van der Waals surface area contributed by atoms with Crippen LogP contribution in [-0.2, 0) is 7.05 Å². The van der Waals surface area contributed by atoms with E-state index in [1.54, 1.807) is 12.1 Å². The van der Waals surface area contributed by atoms with Crippen molar-refractivity contribution in [1.29, 1.82) is 0 Å². The number of anilines is 1. The zero-order valence-corrected chi connectivity index (χ0v) is 24.4. The fourth-order valence-corrected chi connectivity index (χ4v) is 4.80. The minimum Gasteiger partial charge on any atom is -0.436 e. The van der Waals surface area contributed by atoms with E-state index in [4.69, 9.17) is 10.5 Å². The maximum atomic E-state index is 15.2. The van der Waals surface area contributed by atoms with Gasteiger partial charge in [-0.1, -0.05) is 51.9 Å². The Morgan fingerprint density at radius 2 is 1.82 bits per heavy atom. The lowest BCUT2D eigenvalue weighted by Gasteiger charge is -2.31. The average Bonchev–Trinajstić information content (AvgIpc) is 3.12. The number of aromatic nitrogens is 3. The molecular weight excluding hydrogens is 491 g/mol. The molecule has 5 nitrogen and oxygen atoms in total. The molecule has 0 unspecified atom stereocenters. The quantitative estimate of drug-likeness (QED) is 0.219. The summed E-state index contributed by atoms with van der Waals surface area (Å²) in [6, 6.07) is 12.2. The molecule has 38 heavy (non-hydrogen) atoms. The monoisotopic (exact) mass is 526 g/mol. The van der Waals surface area contributed by atoms with Crippen LogP contribution in [0.3, 0.4) is 0 Å². The summed E-state index contributed by atoms with van der Waals surface area (Å²) in [6.07, 6.45) is 3.68. The summed E-state index contributed by atoms with van der Waals surface area (Å²) >= 11 is 0. The highest BCUT2D eigenvalue weighted by molar-refractivity contribution is 6.87. The molecule has 2 N–H and O–H groups in total.